The minimum absolute atomic E-state index is 0.0682. The highest BCUT2D eigenvalue weighted by molar-refractivity contribution is 5.72. The zero-order valence-electron chi connectivity index (χ0n) is 15.4. The van der Waals surface area contributed by atoms with E-state index >= 15 is 0 Å². The molecule has 0 saturated carbocycles. The van der Waals surface area contributed by atoms with Crippen molar-refractivity contribution in [1.82, 2.24) is 0 Å². The van der Waals surface area contributed by atoms with Crippen LogP contribution >= 0.6 is 0 Å². The lowest BCUT2D eigenvalue weighted by molar-refractivity contribution is 0.448. The Labute approximate surface area is 164 Å². The van der Waals surface area contributed by atoms with Crippen molar-refractivity contribution in [3.8, 4) is 22.3 Å². The molecule has 0 aliphatic rings. The largest absolute Gasteiger partial charge is 0.209 e. The van der Waals surface area contributed by atoms with Crippen LogP contribution in [-0.4, -0.2) is 0 Å². The van der Waals surface area contributed by atoms with Crippen molar-refractivity contribution in [1.29, 1.82) is 0 Å². The number of rotatable bonds is 5. The molecule has 150 valence electrons. The summed E-state index contributed by atoms with van der Waals surface area (Å²) in [6.45, 7) is 1.70. The zero-order valence-corrected chi connectivity index (χ0v) is 15.4. The van der Waals surface area contributed by atoms with E-state index in [-0.39, 0.29) is 23.1 Å². The van der Waals surface area contributed by atoms with Gasteiger partial charge in [-0.05, 0) is 41.3 Å². The summed E-state index contributed by atoms with van der Waals surface area (Å²) in [5.74, 6) is -6.93. The number of allylic oxidation sites excluding steroid dienone is 1. The van der Waals surface area contributed by atoms with Crippen LogP contribution in [0.5, 0.6) is 0 Å². The summed E-state index contributed by atoms with van der Waals surface area (Å²) in [6, 6.07) is 11.3. The molecule has 3 rings (SSSR count). The summed E-state index contributed by atoms with van der Waals surface area (Å²) >= 11 is 0. The quantitative estimate of drug-likeness (QED) is 0.298. The second kappa shape index (κ2) is 8.55. The van der Waals surface area contributed by atoms with E-state index in [9.17, 15) is 26.3 Å². The van der Waals surface area contributed by atoms with Crippen molar-refractivity contribution in [2.24, 2.45) is 0 Å². The number of halogens is 6. The Balaban J connectivity index is 1.92. The highest BCUT2D eigenvalue weighted by Crippen LogP contribution is 2.31. The smallest absolute Gasteiger partial charge is 0.194 e. The molecule has 0 aromatic heterocycles. The summed E-state index contributed by atoms with van der Waals surface area (Å²) < 4.78 is 82.0. The lowest BCUT2D eigenvalue weighted by Crippen LogP contribution is -1.92. The van der Waals surface area contributed by atoms with Gasteiger partial charge in [0.15, 0.2) is 23.3 Å². The van der Waals surface area contributed by atoms with Gasteiger partial charge in [0, 0.05) is 17.5 Å². The van der Waals surface area contributed by atoms with Gasteiger partial charge in [-0.2, -0.15) is 0 Å². The van der Waals surface area contributed by atoms with Crippen LogP contribution < -0.4 is 0 Å². The van der Waals surface area contributed by atoms with Crippen molar-refractivity contribution >= 4 is 5.83 Å². The first-order chi connectivity index (χ1) is 13.8. The minimum atomic E-state index is -1.55. The molecule has 3 aromatic rings. The van der Waals surface area contributed by atoms with Crippen LogP contribution in [0.2, 0.25) is 0 Å². The predicted octanol–water partition coefficient (Wildman–Crippen LogP) is 7.98. The van der Waals surface area contributed by atoms with E-state index in [0.717, 1.165) is 18.2 Å². The van der Waals surface area contributed by atoms with Gasteiger partial charge in [-0.1, -0.05) is 43.3 Å². The highest BCUT2D eigenvalue weighted by Gasteiger charge is 2.14. The number of hydrogen-bond donors (Lipinski definition) is 0. The molecule has 0 aliphatic heterocycles. The highest BCUT2D eigenvalue weighted by atomic mass is 19.2. The molecule has 0 fully saturated rings. The monoisotopic (exact) mass is 406 g/mol. The second-order valence-electron chi connectivity index (χ2n) is 6.49. The van der Waals surface area contributed by atoms with Crippen LogP contribution in [0.1, 0.15) is 25.3 Å². The maximum absolute atomic E-state index is 14.5. The summed E-state index contributed by atoms with van der Waals surface area (Å²) in [4.78, 5) is 0. The van der Waals surface area contributed by atoms with Gasteiger partial charge in [-0.15, -0.1) is 0 Å². The molecule has 0 unspecified atom stereocenters. The van der Waals surface area contributed by atoms with Crippen LogP contribution in [0.4, 0.5) is 26.3 Å². The fourth-order valence-corrected chi connectivity index (χ4v) is 2.94. The van der Waals surface area contributed by atoms with Crippen molar-refractivity contribution < 1.29 is 26.3 Å². The summed E-state index contributed by atoms with van der Waals surface area (Å²) in [5, 5.41) is 0. The SMILES string of the molecule is CCC/C(F)=C(\F)c1ccc(-c2ccc(-c3cc(F)c(F)c(F)c3)cc2)c(F)c1. The molecule has 29 heavy (non-hydrogen) atoms. The molecule has 0 heterocycles. The Hall–Kier alpha value is -3.02. The molecule has 0 spiro atoms. The molecule has 3 aromatic carbocycles. The molecule has 0 N–H and O–H groups in total. The Morgan fingerprint density at radius 1 is 0.690 bits per heavy atom. The van der Waals surface area contributed by atoms with E-state index in [1.165, 1.54) is 36.4 Å². The lowest BCUT2D eigenvalue weighted by atomic mass is 9.98. The molecule has 0 nitrogen and oxygen atoms in total. The van der Waals surface area contributed by atoms with Gasteiger partial charge in [-0.25, -0.2) is 26.3 Å². The first-order valence-electron chi connectivity index (χ1n) is 8.91. The Bertz CT molecular complexity index is 1040. The average molecular weight is 406 g/mol. The van der Waals surface area contributed by atoms with Crippen molar-refractivity contribution in [2.45, 2.75) is 19.8 Å². The first-order valence-corrected chi connectivity index (χ1v) is 8.91. The predicted molar refractivity (Wildman–Crippen MR) is 101 cm³/mol. The molecule has 6 heteroatoms. The number of benzene rings is 3. The first kappa shape index (κ1) is 20.7. The maximum atomic E-state index is 14.5. The third-order valence-corrected chi connectivity index (χ3v) is 4.44. The zero-order chi connectivity index (χ0) is 21.1. The maximum Gasteiger partial charge on any atom is 0.194 e. The molecular weight excluding hydrogens is 390 g/mol. The van der Waals surface area contributed by atoms with Gasteiger partial charge >= 0.3 is 0 Å². The van der Waals surface area contributed by atoms with Crippen molar-refractivity contribution in [3.05, 3.63) is 89.3 Å². The van der Waals surface area contributed by atoms with E-state index in [2.05, 4.69) is 0 Å². The third-order valence-electron chi connectivity index (χ3n) is 4.44. The van der Waals surface area contributed by atoms with Crippen LogP contribution in [0.25, 0.3) is 28.1 Å². The van der Waals surface area contributed by atoms with Gasteiger partial charge in [0.1, 0.15) is 11.6 Å². The van der Waals surface area contributed by atoms with Crippen LogP contribution in [-0.2, 0) is 0 Å². The topological polar surface area (TPSA) is 0 Å². The number of hydrogen-bond acceptors (Lipinski definition) is 0. The second-order valence-corrected chi connectivity index (χ2v) is 6.49. The molecule has 0 atom stereocenters. The Morgan fingerprint density at radius 3 is 1.83 bits per heavy atom. The minimum Gasteiger partial charge on any atom is -0.209 e. The third kappa shape index (κ3) is 4.36. The van der Waals surface area contributed by atoms with E-state index < -0.39 is 34.9 Å². The molecule has 0 aliphatic carbocycles. The molecule has 0 bridgehead atoms. The van der Waals surface area contributed by atoms with E-state index in [1.807, 2.05) is 0 Å². The fourth-order valence-electron chi connectivity index (χ4n) is 2.94. The van der Waals surface area contributed by atoms with Gasteiger partial charge < -0.3 is 0 Å². The van der Waals surface area contributed by atoms with Gasteiger partial charge in [0.05, 0.1) is 0 Å². The fraction of sp³-hybridized carbons (Fsp3) is 0.130. The Kier molecular flexibility index (Phi) is 6.11. The summed E-state index contributed by atoms with van der Waals surface area (Å²) in [7, 11) is 0. The molecule has 0 saturated heterocycles. The lowest BCUT2D eigenvalue weighted by Gasteiger charge is -2.08. The standard InChI is InChI=1S/C23H16F6/c1-2-3-18(24)22(28)15-8-9-17(19(25)10-15)14-6-4-13(5-7-14)16-11-20(26)23(29)21(27)12-16/h4-12H,2-3H2,1H3/b22-18+. The van der Waals surface area contributed by atoms with E-state index in [0.29, 0.717) is 17.5 Å². The van der Waals surface area contributed by atoms with Crippen molar-refractivity contribution in [3.63, 3.8) is 0 Å². The van der Waals surface area contributed by atoms with E-state index in [1.54, 1.807) is 6.92 Å². The average Bonchev–Trinajstić information content (AvgIpc) is 2.71. The molecule has 0 amide bonds. The van der Waals surface area contributed by atoms with Crippen molar-refractivity contribution in [2.75, 3.05) is 0 Å². The van der Waals surface area contributed by atoms with E-state index in [4.69, 9.17) is 0 Å². The Morgan fingerprint density at radius 2 is 1.28 bits per heavy atom. The molecule has 0 radical (unpaired) electrons. The van der Waals surface area contributed by atoms with Crippen LogP contribution in [0, 0.1) is 23.3 Å². The van der Waals surface area contributed by atoms with Crippen LogP contribution in [0.3, 0.4) is 0 Å². The van der Waals surface area contributed by atoms with Gasteiger partial charge in [-0.3, -0.25) is 0 Å². The van der Waals surface area contributed by atoms with Gasteiger partial charge in [0.2, 0.25) is 0 Å². The van der Waals surface area contributed by atoms with Gasteiger partial charge in [0.25, 0.3) is 0 Å². The normalized spacial score (nSPS) is 12.1. The molecular formula is C23H16F6. The summed E-state index contributed by atoms with van der Waals surface area (Å²) in [6.07, 6.45) is 0.356. The summed E-state index contributed by atoms with van der Waals surface area (Å²) in [5.41, 5.74) is 0.924. The van der Waals surface area contributed by atoms with Crippen LogP contribution in [0.15, 0.2) is 60.4 Å².